The third-order valence-electron chi connectivity index (χ3n) is 5.71. The van der Waals surface area contributed by atoms with Gasteiger partial charge in [-0.05, 0) is 60.5 Å². The molecule has 3 aromatic rings. The highest BCUT2D eigenvalue weighted by Crippen LogP contribution is 2.30. The van der Waals surface area contributed by atoms with E-state index in [1.807, 2.05) is 37.4 Å². The normalized spacial score (nSPS) is 13.9. The maximum Gasteiger partial charge on any atom is 0.265 e. The summed E-state index contributed by atoms with van der Waals surface area (Å²) in [6, 6.07) is 17.8. The Labute approximate surface area is 187 Å². The molecule has 0 fully saturated rings. The maximum atomic E-state index is 13.1. The van der Waals surface area contributed by atoms with E-state index in [4.69, 9.17) is 0 Å². The van der Waals surface area contributed by atoms with E-state index in [1.54, 1.807) is 12.1 Å². The number of fused-ring (bicyclic) bond motifs is 1. The standard InChI is InChI=1S/C25H27N3O2S/c1-3-17(2)26-24(29)21-15-20(27-25(30)23-9-6-14-31-23)10-11-22(21)28-13-12-18-7-4-5-8-19(18)16-28/h4-11,14-15,17H,3,12-13,16H2,1-2H3,(H,26,29)(H,27,30). The van der Waals surface area contributed by atoms with Crippen molar-refractivity contribution in [2.75, 3.05) is 16.8 Å². The Bertz CT molecular complexity index is 1080. The van der Waals surface area contributed by atoms with Crippen molar-refractivity contribution in [1.82, 2.24) is 5.32 Å². The molecule has 0 spiro atoms. The number of anilines is 2. The van der Waals surface area contributed by atoms with Gasteiger partial charge in [0.25, 0.3) is 11.8 Å². The first-order valence-electron chi connectivity index (χ1n) is 10.7. The number of amides is 2. The van der Waals surface area contributed by atoms with Crippen molar-refractivity contribution < 1.29 is 9.59 Å². The van der Waals surface area contributed by atoms with Gasteiger partial charge in [0.2, 0.25) is 0 Å². The topological polar surface area (TPSA) is 61.4 Å². The lowest BCUT2D eigenvalue weighted by Gasteiger charge is -2.32. The molecule has 1 aromatic heterocycles. The summed E-state index contributed by atoms with van der Waals surface area (Å²) < 4.78 is 0. The van der Waals surface area contributed by atoms with Crippen molar-refractivity contribution in [2.45, 2.75) is 39.3 Å². The average Bonchev–Trinajstić information content (AvgIpc) is 3.34. The van der Waals surface area contributed by atoms with E-state index >= 15 is 0 Å². The molecule has 1 unspecified atom stereocenters. The van der Waals surface area contributed by atoms with Crippen LogP contribution in [-0.2, 0) is 13.0 Å². The third kappa shape index (κ3) is 4.80. The molecule has 0 aliphatic carbocycles. The van der Waals surface area contributed by atoms with Gasteiger partial charge in [0.15, 0.2) is 0 Å². The Balaban J connectivity index is 1.64. The molecule has 0 saturated heterocycles. The van der Waals surface area contributed by atoms with Gasteiger partial charge < -0.3 is 15.5 Å². The molecule has 4 rings (SSSR count). The van der Waals surface area contributed by atoms with Gasteiger partial charge in [0.1, 0.15) is 0 Å². The first-order chi connectivity index (χ1) is 15.0. The summed E-state index contributed by atoms with van der Waals surface area (Å²) in [6.45, 7) is 5.66. The van der Waals surface area contributed by atoms with Gasteiger partial charge in [-0.1, -0.05) is 37.3 Å². The minimum Gasteiger partial charge on any atom is -0.366 e. The lowest BCUT2D eigenvalue weighted by atomic mass is 9.98. The molecule has 1 atom stereocenters. The summed E-state index contributed by atoms with van der Waals surface area (Å²) >= 11 is 1.39. The Kier molecular flexibility index (Phi) is 6.37. The fourth-order valence-electron chi connectivity index (χ4n) is 3.78. The molecular formula is C25H27N3O2S. The summed E-state index contributed by atoms with van der Waals surface area (Å²) in [4.78, 5) is 28.5. The van der Waals surface area contributed by atoms with E-state index in [9.17, 15) is 9.59 Å². The van der Waals surface area contributed by atoms with Gasteiger partial charge in [-0.25, -0.2) is 0 Å². The molecule has 6 heteroatoms. The molecule has 0 bridgehead atoms. The number of rotatable bonds is 6. The number of benzene rings is 2. The van der Waals surface area contributed by atoms with E-state index in [2.05, 4.69) is 39.8 Å². The van der Waals surface area contributed by atoms with E-state index in [-0.39, 0.29) is 17.9 Å². The molecule has 5 nitrogen and oxygen atoms in total. The highest BCUT2D eigenvalue weighted by atomic mass is 32.1. The second kappa shape index (κ2) is 9.35. The Hall–Kier alpha value is -3.12. The highest BCUT2D eigenvalue weighted by molar-refractivity contribution is 7.12. The van der Waals surface area contributed by atoms with Gasteiger partial charge >= 0.3 is 0 Å². The third-order valence-corrected chi connectivity index (χ3v) is 6.57. The zero-order chi connectivity index (χ0) is 21.8. The zero-order valence-electron chi connectivity index (χ0n) is 17.9. The van der Waals surface area contributed by atoms with Gasteiger partial charge in [0.05, 0.1) is 10.4 Å². The number of hydrogen-bond acceptors (Lipinski definition) is 4. The quantitative estimate of drug-likeness (QED) is 0.569. The Morgan fingerprint density at radius 2 is 1.87 bits per heavy atom. The molecule has 2 N–H and O–H groups in total. The van der Waals surface area contributed by atoms with Crippen molar-refractivity contribution in [2.24, 2.45) is 0 Å². The van der Waals surface area contributed by atoms with E-state index in [1.165, 1.54) is 22.5 Å². The van der Waals surface area contributed by atoms with Crippen LogP contribution < -0.4 is 15.5 Å². The van der Waals surface area contributed by atoms with Crippen molar-refractivity contribution in [3.05, 3.63) is 81.5 Å². The number of hydrogen-bond donors (Lipinski definition) is 2. The summed E-state index contributed by atoms with van der Waals surface area (Å²) in [5, 5.41) is 7.87. The predicted octanol–water partition coefficient (Wildman–Crippen LogP) is 5.09. The molecule has 2 amide bonds. The second-order valence-corrected chi connectivity index (χ2v) is 8.83. The lowest BCUT2D eigenvalue weighted by Crippen LogP contribution is -2.35. The molecule has 0 radical (unpaired) electrons. The zero-order valence-corrected chi connectivity index (χ0v) is 18.7. The monoisotopic (exact) mass is 433 g/mol. The first kappa shape index (κ1) is 21.1. The summed E-state index contributed by atoms with van der Waals surface area (Å²) in [6.07, 6.45) is 1.80. The van der Waals surface area contributed by atoms with Gasteiger partial charge in [-0.3, -0.25) is 9.59 Å². The van der Waals surface area contributed by atoms with E-state index in [0.29, 0.717) is 16.1 Å². The SMILES string of the molecule is CCC(C)NC(=O)c1cc(NC(=O)c2cccs2)ccc1N1CCc2ccccc2C1. The largest absolute Gasteiger partial charge is 0.366 e. The van der Waals surface area contributed by atoms with Crippen molar-refractivity contribution in [1.29, 1.82) is 0 Å². The fourth-order valence-corrected chi connectivity index (χ4v) is 4.40. The minimum absolute atomic E-state index is 0.0757. The van der Waals surface area contributed by atoms with E-state index in [0.717, 1.165) is 31.6 Å². The van der Waals surface area contributed by atoms with Gasteiger partial charge in [-0.2, -0.15) is 0 Å². The van der Waals surface area contributed by atoms with Gasteiger partial charge in [0, 0.05) is 30.5 Å². The smallest absolute Gasteiger partial charge is 0.265 e. The molecule has 1 aliphatic heterocycles. The van der Waals surface area contributed by atoms with Crippen LogP contribution in [0.2, 0.25) is 0 Å². The molecular weight excluding hydrogens is 406 g/mol. The molecule has 31 heavy (non-hydrogen) atoms. The van der Waals surface area contributed by atoms with E-state index < -0.39 is 0 Å². The minimum atomic E-state index is -0.164. The summed E-state index contributed by atoms with van der Waals surface area (Å²) in [5.74, 6) is -0.279. The number of carbonyl (C=O) groups excluding carboxylic acids is 2. The van der Waals surface area contributed by atoms with Crippen molar-refractivity contribution in [3.8, 4) is 0 Å². The average molecular weight is 434 g/mol. The van der Waals surface area contributed by atoms with Crippen molar-refractivity contribution in [3.63, 3.8) is 0 Å². The molecule has 0 saturated carbocycles. The first-order valence-corrected chi connectivity index (χ1v) is 11.5. The molecule has 1 aliphatic rings. The van der Waals surface area contributed by atoms with Crippen LogP contribution in [0.3, 0.4) is 0 Å². The molecule has 2 heterocycles. The maximum absolute atomic E-state index is 13.1. The van der Waals surface area contributed by atoms with Crippen LogP contribution in [0.1, 0.15) is 51.4 Å². The van der Waals surface area contributed by atoms with Crippen LogP contribution in [0.5, 0.6) is 0 Å². The van der Waals surface area contributed by atoms with Crippen LogP contribution in [-0.4, -0.2) is 24.4 Å². The van der Waals surface area contributed by atoms with Crippen LogP contribution in [0.4, 0.5) is 11.4 Å². The number of thiophene rings is 1. The van der Waals surface area contributed by atoms with Gasteiger partial charge in [-0.15, -0.1) is 11.3 Å². The highest BCUT2D eigenvalue weighted by Gasteiger charge is 2.22. The lowest BCUT2D eigenvalue weighted by molar-refractivity contribution is 0.0938. The number of nitrogens with zero attached hydrogens (tertiary/aromatic N) is 1. The van der Waals surface area contributed by atoms with Crippen LogP contribution in [0.15, 0.2) is 60.0 Å². The molecule has 2 aromatic carbocycles. The fraction of sp³-hybridized carbons (Fsp3) is 0.280. The van der Waals surface area contributed by atoms with Crippen LogP contribution in [0, 0.1) is 0 Å². The Morgan fingerprint density at radius 1 is 1.06 bits per heavy atom. The summed E-state index contributed by atoms with van der Waals surface area (Å²) in [7, 11) is 0. The second-order valence-electron chi connectivity index (χ2n) is 7.89. The van der Waals surface area contributed by atoms with Crippen molar-refractivity contribution >= 4 is 34.5 Å². The number of carbonyl (C=O) groups is 2. The predicted molar refractivity (Wildman–Crippen MR) is 127 cm³/mol. The molecule has 160 valence electrons. The summed E-state index contributed by atoms with van der Waals surface area (Å²) in [5.41, 5.74) is 4.75. The van der Waals surface area contributed by atoms with Crippen LogP contribution in [0.25, 0.3) is 0 Å². The van der Waals surface area contributed by atoms with Crippen LogP contribution >= 0.6 is 11.3 Å². The number of nitrogens with one attached hydrogen (secondary N) is 2. The Morgan fingerprint density at radius 3 is 2.61 bits per heavy atom.